The molecule has 37 heavy (non-hydrogen) atoms. The summed E-state index contributed by atoms with van der Waals surface area (Å²) < 4.78 is 29.7. The van der Waals surface area contributed by atoms with E-state index in [1.807, 2.05) is 24.3 Å². The Kier molecular flexibility index (Phi) is 6.87. The molecule has 1 aliphatic rings. The van der Waals surface area contributed by atoms with Crippen LogP contribution in [0.15, 0.2) is 91.8 Å². The van der Waals surface area contributed by atoms with Gasteiger partial charge >= 0.3 is 0 Å². The van der Waals surface area contributed by atoms with E-state index in [0.717, 1.165) is 34.2 Å². The molecule has 1 heterocycles. The molecule has 0 unspecified atom stereocenters. The number of imidazole rings is 1. The van der Waals surface area contributed by atoms with Gasteiger partial charge in [-0.1, -0.05) is 49.1 Å². The molecule has 0 spiro atoms. The maximum atomic E-state index is 14.3. The molecule has 1 saturated carbocycles. The SMILES string of the molecule is C=C(Nc1ccccc1C)c1cc(/C(C)=C/C=C\n2ccnc2-c2cccc(F)c2F)ccc1C1CC1. The summed E-state index contributed by atoms with van der Waals surface area (Å²) in [7, 11) is 0. The summed E-state index contributed by atoms with van der Waals surface area (Å²) in [5.41, 5.74) is 7.88. The van der Waals surface area contributed by atoms with Crippen LogP contribution in [0.3, 0.4) is 0 Å². The monoisotopic (exact) mass is 493 g/mol. The Bertz CT molecular complexity index is 1520. The average Bonchev–Trinajstić information content (AvgIpc) is 3.65. The van der Waals surface area contributed by atoms with Gasteiger partial charge in [0, 0.05) is 35.5 Å². The fourth-order valence-corrected chi connectivity index (χ4v) is 4.45. The summed E-state index contributed by atoms with van der Waals surface area (Å²) in [5, 5.41) is 3.51. The Morgan fingerprint density at radius 1 is 1.08 bits per heavy atom. The lowest BCUT2D eigenvalue weighted by Crippen LogP contribution is -2.03. The fraction of sp³-hybridized carbons (Fsp3) is 0.156. The van der Waals surface area contributed by atoms with Crippen LogP contribution in [0.4, 0.5) is 14.5 Å². The van der Waals surface area contributed by atoms with E-state index >= 15 is 0 Å². The van der Waals surface area contributed by atoms with E-state index in [1.54, 1.807) is 23.2 Å². The first-order valence-corrected chi connectivity index (χ1v) is 12.4. The van der Waals surface area contributed by atoms with E-state index in [9.17, 15) is 8.78 Å². The van der Waals surface area contributed by atoms with Crippen molar-refractivity contribution < 1.29 is 8.78 Å². The van der Waals surface area contributed by atoms with E-state index in [-0.39, 0.29) is 5.56 Å². The molecular formula is C32H29F2N3. The number of aryl methyl sites for hydroxylation is 1. The van der Waals surface area contributed by atoms with Crippen molar-refractivity contribution in [1.82, 2.24) is 9.55 Å². The third kappa shape index (κ3) is 5.31. The molecule has 0 amide bonds. The van der Waals surface area contributed by atoms with Crippen LogP contribution in [0, 0.1) is 18.6 Å². The number of allylic oxidation sites excluding steroid dienone is 3. The molecule has 3 aromatic carbocycles. The number of halogens is 2. The molecule has 1 aliphatic carbocycles. The van der Waals surface area contributed by atoms with Crippen molar-refractivity contribution in [3.8, 4) is 11.4 Å². The second-order valence-electron chi connectivity index (χ2n) is 9.45. The van der Waals surface area contributed by atoms with Gasteiger partial charge in [0.25, 0.3) is 0 Å². The van der Waals surface area contributed by atoms with E-state index in [4.69, 9.17) is 0 Å². The molecule has 0 atom stereocenters. The number of para-hydroxylation sites is 1. The van der Waals surface area contributed by atoms with Crippen LogP contribution in [0.5, 0.6) is 0 Å². The maximum Gasteiger partial charge on any atom is 0.169 e. The smallest absolute Gasteiger partial charge is 0.169 e. The highest BCUT2D eigenvalue weighted by atomic mass is 19.2. The number of hydrogen-bond acceptors (Lipinski definition) is 2. The zero-order valence-electron chi connectivity index (χ0n) is 21.0. The zero-order chi connectivity index (χ0) is 25.9. The van der Waals surface area contributed by atoms with Crippen molar-refractivity contribution in [3.05, 3.63) is 126 Å². The highest BCUT2D eigenvalue weighted by molar-refractivity contribution is 5.81. The highest BCUT2D eigenvalue weighted by Crippen LogP contribution is 2.43. The molecule has 5 heteroatoms. The molecule has 0 radical (unpaired) electrons. The number of anilines is 1. The molecule has 5 rings (SSSR count). The van der Waals surface area contributed by atoms with Gasteiger partial charge in [-0.3, -0.25) is 0 Å². The summed E-state index contributed by atoms with van der Waals surface area (Å²) in [6.07, 6.45) is 11.4. The van der Waals surface area contributed by atoms with Crippen LogP contribution in [0.1, 0.15) is 47.9 Å². The van der Waals surface area contributed by atoms with Crippen molar-refractivity contribution in [3.63, 3.8) is 0 Å². The number of aromatic nitrogens is 2. The third-order valence-corrected chi connectivity index (χ3v) is 6.74. The third-order valence-electron chi connectivity index (χ3n) is 6.74. The molecule has 0 aliphatic heterocycles. The van der Waals surface area contributed by atoms with Crippen LogP contribution in [0.2, 0.25) is 0 Å². The first-order valence-electron chi connectivity index (χ1n) is 12.4. The minimum atomic E-state index is -0.905. The van der Waals surface area contributed by atoms with Gasteiger partial charge in [-0.2, -0.15) is 0 Å². The average molecular weight is 494 g/mol. The number of nitrogens with one attached hydrogen (secondary N) is 1. The van der Waals surface area contributed by atoms with Gasteiger partial charge in [-0.05, 0) is 85.2 Å². The number of benzene rings is 3. The van der Waals surface area contributed by atoms with E-state index < -0.39 is 11.6 Å². The Morgan fingerprint density at radius 3 is 2.68 bits per heavy atom. The van der Waals surface area contributed by atoms with Crippen LogP contribution in [-0.4, -0.2) is 9.55 Å². The molecule has 0 bridgehead atoms. The second-order valence-corrected chi connectivity index (χ2v) is 9.45. The zero-order valence-corrected chi connectivity index (χ0v) is 21.0. The van der Waals surface area contributed by atoms with Crippen LogP contribution < -0.4 is 5.32 Å². The molecule has 4 aromatic rings. The first kappa shape index (κ1) is 24.4. The molecule has 1 N–H and O–H groups in total. The predicted octanol–water partition coefficient (Wildman–Crippen LogP) is 8.67. The summed E-state index contributed by atoms with van der Waals surface area (Å²) in [6, 6.07) is 18.9. The molecule has 3 nitrogen and oxygen atoms in total. The second kappa shape index (κ2) is 10.4. The molecule has 0 saturated heterocycles. The van der Waals surface area contributed by atoms with E-state index in [0.29, 0.717) is 11.7 Å². The minimum Gasteiger partial charge on any atom is -0.355 e. The van der Waals surface area contributed by atoms with Gasteiger partial charge in [-0.15, -0.1) is 0 Å². The maximum absolute atomic E-state index is 14.3. The van der Waals surface area contributed by atoms with Gasteiger partial charge < -0.3 is 9.88 Å². The fourth-order valence-electron chi connectivity index (χ4n) is 4.45. The number of hydrogen-bond donors (Lipinski definition) is 1. The van der Waals surface area contributed by atoms with Gasteiger partial charge in [0.2, 0.25) is 0 Å². The molecule has 1 fully saturated rings. The lowest BCUT2D eigenvalue weighted by atomic mass is 9.95. The summed E-state index contributed by atoms with van der Waals surface area (Å²) in [5.74, 6) is -0.867. The lowest BCUT2D eigenvalue weighted by molar-refractivity contribution is 0.510. The molecule has 1 aromatic heterocycles. The summed E-state index contributed by atoms with van der Waals surface area (Å²) in [4.78, 5) is 4.22. The van der Waals surface area contributed by atoms with Gasteiger partial charge in [0.1, 0.15) is 5.82 Å². The summed E-state index contributed by atoms with van der Waals surface area (Å²) >= 11 is 0. The lowest BCUT2D eigenvalue weighted by Gasteiger charge is -2.17. The largest absolute Gasteiger partial charge is 0.355 e. The standard InChI is InChI=1S/C32H29F2N3/c1-21(9-7-18-37-19-17-35-32(37)27-10-6-11-29(33)31(27)34)25-15-16-26(24-13-14-24)28(20-25)23(3)36-30-12-5-4-8-22(30)2/h4-12,15-20,24,36H,3,13-14H2,1-2H3/b18-7-,21-9+. The topological polar surface area (TPSA) is 29.9 Å². The van der Waals surface area contributed by atoms with Crippen molar-refractivity contribution in [1.29, 1.82) is 0 Å². The van der Waals surface area contributed by atoms with Crippen molar-refractivity contribution >= 4 is 23.2 Å². The van der Waals surface area contributed by atoms with E-state index in [1.165, 1.54) is 36.1 Å². The number of rotatable bonds is 8. The van der Waals surface area contributed by atoms with Crippen molar-refractivity contribution in [2.45, 2.75) is 32.6 Å². The van der Waals surface area contributed by atoms with Gasteiger partial charge in [0.05, 0.1) is 5.56 Å². The van der Waals surface area contributed by atoms with Crippen LogP contribution in [0.25, 0.3) is 28.9 Å². The van der Waals surface area contributed by atoms with Crippen molar-refractivity contribution in [2.24, 2.45) is 0 Å². The predicted molar refractivity (Wildman–Crippen MR) is 149 cm³/mol. The normalized spacial score (nSPS) is 13.8. The highest BCUT2D eigenvalue weighted by Gasteiger charge is 2.27. The minimum absolute atomic E-state index is 0.121. The summed E-state index contributed by atoms with van der Waals surface area (Å²) in [6.45, 7) is 8.51. The van der Waals surface area contributed by atoms with Crippen LogP contribution in [-0.2, 0) is 0 Å². The van der Waals surface area contributed by atoms with Crippen molar-refractivity contribution in [2.75, 3.05) is 5.32 Å². The number of nitrogens with zero attached hydrogens (tertiary/aromatic N) is 2. The van der Waals surface area contributed by atoms with Gasteiger partial charge in [0.15, 0.2) is 11.6 Å². The Hall–Kier alpha value is -4.25. The van der Waals surface area contributed by atoms with E-state index in [2.05, 4.69) is 61.1 Å². The van der Waals surface area contributed by atoms with Gasteiger partial charge in [-0.25, -0.2) is 13.8 Å². The Balaban J connectivity index is 1.40. The molecule has 186 valence electrons. The van der Waals surface area contributed by atoms with Crippen LogP contribution >= 0.6 is 0 Å². The Morgan fingerprint density at radius 2 is 1.89 bits per heavy atom. The Labute approximate surface area is 216 Å². The molecular weight excluding hydrogens is 464 g/mol. The quantitative estimate of drug-likeness (QED) is 0.249. The first-order chi connectivity index (χ1) is 17.9.